The Kier molecular flexibility index (Phi) is 4.10. The van der Waals surface area contributed by atoms with Crippen molar-refractivity contribution in [1.82, 2.24) is 0 Å². The zero-order chi connectivity index (χ0) is 13.0. The molecular formula is C14H10BrFO2. The lowest BCUT2D eigenvalue weighted by Crippen LogP contribution is -1.96. The predicted molar refractivity (Wildman–Crippen MR) is 70.3 cm³/mol. The summed E-state index contributed by atoms with van der Waals surface area (Å²) >= 11 is 3.22. The van der Waals surface area contributed by atoms with Crippen LogP contribution in [0.15, 0.2) is 46.9 Å². The Morgan fingerprint density at radius 2 is 1.89 bits per heavy atom. The van der Waals surface area contributed by atoms with Crippen LogP contribution < -0.4 is 4.74 Å². The normalized spacial score (nSPS) is 10.1. The van der Waals surface area contributed by atoms with E-state index in [-0.39, 0.29) is 12.4 Å². The minimum atomic E-state index is -0.306. The Labute approximate surface area is 113 Å². The van der Waals surface area contributed by atoms with Crippen molar-refractivity contribution in [2.75, 3.05) is 0 Å². The molecule has 0 heterocycles. The van der Waals surface area contributed by atoms with Gasteiger partial charge in [0.15, 0.2) is 0 Å². The summed E-state index contributed by atoms with van der Waals surface area (Å²) in [6.45, 7) is 0.275. The third-order valence-corrected chi connectivity index (χ3v) is 2.80. The van der Waals surface area contributed by atoms with Crippen LogP contribution in [0.4, 0.5) is 4.39 Å². The number of carbonyl (C=O) groups is 1. The van der Waals surface area contributed by atoms with Gasteiger partial charge in [-0.2, -0.15) is 0 Å². The Bertz CT molecular complexity index is 532. The Morgan fingerprint density at radius 1 is 1.17 bits per heavy atom. The molecule has 0 bridgehead atoms. The van der Waals surface area contributed by atoms with Crippen LogP contribution in [0.25, 0.3) is 0 Å². The second kappa shape index (κ2) is 5.78. The zero-order valence-electron chi connectivity index (χ0n) is 9.40. The second-order valence-corrected chi connectivity index (χ2v) is 4.67. The Hall–Kier alpha value is -1.68. The standard InChI is InChI=1S/C14H10BrFO2/c15-12-5-11(6-13(16)7-12)9-18-14-3-1-10(8-17)2-4-14/h1-8H,9H2. The number of aldehydes is 1. The fourth-order valence-electron chi connectivity index (χ4n) is 1.50. The molecule has 0 N–H and O–H groups in total. The van der Waals surface area contributed by atoms with Gasteiger partial charge in [0.25, 0.3) is 0 Å². The van der Waals surface area contributed by atoms with Crippen LogP contribution in [-0.2, 0) is 6.61 Å². The van der Waals surface area contributed by atoms with Crippen LogP contribution in [0.5, 0.6) is 5.75 Å². The summed E-state index contributed by atoms with van der Waals surface area (Å²) in [5.41, 5.74) is 1.33. The first kappa shape index (κ1) is 12.8. The molecule has 18 heavy (non-hydrogen) atoms. The summed E-state index contributed by atoms with van der Waals surface area (Å²) in [7, 11) is 0. The predicted octanol–water partition coefficient (Wildman–Crippen LogP) is 3.98. The molecule has 0 aliphatic carbocycles. The Morgan fingerprint density at radius 3 is 2.50 bits per heavy atom. The molecule has 4 heteroatoms. The number of carbonyl (C=O) groups excluding carboxylic acids is 1. The van der Waals surface area contributed by atoms with Crippen LogP contribution >= 0.6 is 15.9 Å². The fourth-order valence-corrected chi connectivity index (χ4v) is 2.02. The van der Waals surface area contributed by atoms with Crippen LogP contribution in [0.1, 0.15) is 15.9 Å². The number of rotatable bonds is 4. The van der Waals surface area contributed by atoms with Gasteiger partial charge >= 0.3 is 0 Å². The van der Waals surface area contributed by atoms with E-state index in [1.165, 1.54) is 12.1 Å². The van der Waals surface area contributed by atoms with E-state index in [9.17, 15) is 9.18 Å². The summed E-state index contributed by atoms with van der Waals surface area (Å²) in [5, 5.41) is 0. The van der Waals surface area contributed by atoms with Gasteiger partial charge in [-0.3, -0.25) is 4.79 Å². The first-order valence-electron chi connectivity index (χ1n) is 5.30. The van der Waals surface area contributed by atoms with Crippen molar-refractivity contribution in [2.24, 2.45) is 0 Å². The van der Waals surface area contributed by atoms with E-state index < -0.39 is 0 Å². The molecule has 0 radical (unpaired) electrons. The molecule has 0 aromatic heterocycles. The van der Waals surface area contributed by atoms with Crippen molar-refractivity contribution in [3.05, 3.63) is 63.9 Å². The highest BCUT2D eigenvalue weighted by Gasteiger charge is 2.01. The van der Waals surface area contributed by atoms with Crippen molar-refractivity contribution in [3.8, 4) is 5.75 Å². The largest absolute Gasteiger partial charge is 0.489 e. The van der Waals surface area contributed by atoms with Crippen LogP contribution in [0.2, 0.25) is 0 Å². The summed E-state index contributed by atoms with van der Waals surface area (Å²) < 4.78 is 19.3. The van der Waals surface area contributed by atoms with E-state index in [0.29, 0.717) is 15.8 Å². The molecule has 0 unspecified atom stereocenters. The van der Waals surface area contributed by atoms with Crippen LogP contribution in [0.3, 0.4) is 0 Å². The van der Waals surface area contributed by atoms with E-state index in [2.05, 4.69) is 15.9 Å². The monoisotopic (exact) mass is 308 g/mol. The molecule has 0 spiro atoms. The summed E-state index contributed by atoms with van der Waals surface area (Å²) in [5.74, 6) is 0.334. The first-order valence-corrected chi connectivity index (χ1v) is 6.10. The molecule has 0 amide bonds. The topological polar surface area (TPSA) is 26.3 Å². The first-order chi connectivity index (χ1) is 8.67. The summed E-state index contributed by atoms with van der Waals surface area (Å²) in [4.78, 5) is 10.5. The maximum absolute atomic E-state index is 13.1. The molecule has 0 aliphatic heterocycles. The van der Waals surface area contributed by atoms with E-state index in [0.717, 1.165) is 11.8 Å². The highest BCUT2D eigenvalue weighted by Crippen LogP contribution is 2.17. The van der Waals surface area contributed by atoms with Crippen molar-refractivity contribution in [2.45, 2.75) is 6.61 Å². The minimum absolute atomic E-state index is 0.275. The maximum Gasteiger partial charge on any atom is 0.150 e. The van der Waals surface area contributed by atoms with E-state index in [1.54, 1.807) is 30.3 Å². The minimum Gasteiger partial charge on any atom is -0.489 e. The van der Waals surface area contributed by atoms with E-state index in [4.69, 9.17) is 4.74 Å². The quantitative estimate of drug-likeness (QED) is 0.799. The number of halogens is 2. The molecule has 2 rings (SSSR count). The highest BCUT2D eigenvalue weighted by atomic mass is 79.9. The highest BCUT2D eigenvalue weighted by molar-refractivity contribution is 9.10. The molecule has 0 saturated heterocycles. The molecule has 92 valence electrons. The van der Waals surface area contributed by atoms with Gasteiger partial charge in [-0.15, -0.1) is 0 Å². The maximum atomic E-state index is 13.1. The molecular weight excluding hydrogens is 299 g/mol. The lowest BCUT2D eigenvalue weighted by atomic mass is 10.2. The lowest BCUT2D eigenvalue weighted by Gasteiger charge is -2.07. The van der Waals surface area contributed by atoms with Crippen molar-refractivity contribution in [3.63, 3.8) is 0 Å². The second-order valence-electron chi connectivity index (χ2n) is 3.75. The van der Waals surface area contributed by atoms with Crippen LogP contribution in [0, 0.1) is 5.82 Å². The van der Waals surface area contributed by atoms with Crippen molar-refractivity contribution >= 4 is 22.2 Å². The molecule has 2 nitrogen and oxygen atoms in total. The van der Waals surface area contributed by atoms with Crippen molar-refractivity contribution < 1.29 is 13.9 Å². The molecule has 0 fully saturated rings. The fraction of sp³-hybridized carbons (Fsp3) is 0.0714. The summed E-state index contributed by atoms with van der Waals surface area (Å²) in [6, 6.07) is 11.4. The number of hydrogen-bond donors (Lipinski definition) is 0. The third-order valence-electron chi connectivity index (χ3n) is 2.34. The molecule has 0 saturated carbocycles. The van der Waals surface area contributed by atoms with Gasteiger partial charge in [-0.05, 0) is 48.0 Å². The number of benzene rings is 2. The van der Waals surface area contributed by atoms with E-state index in [1.807, 2.05) is 0 Å². The SMILES string of the molecule is O=Cc1ccc(OCc2cc(F)cc(Br)c2)cc1. The lowest BCUT2D eigenvalue weighted by molar-refractivity contribution is 0.112. The smallest absolute Gasteiger partial charge is 0.150 e. The molecule has 0 atom stereocenters. The van der Waals surface area contributed by atoms with Crippen molar-refractivity contribution in [1.29, 1.82) is 0 Å². The van der Waals surface area contributed by atoms with E-state index >= 15 is 0 Å². The molecule has 2 aromatic carbocycles. The molecule has 2 aromatic rings. The number of hydrogen-bond acceptors (Lipinski definition) is 2. The Balaban J connectivity index is 2.03. The third kappa shape index (κ3) is 3.40. The van der Waals surface area contributed by atoms with Gasteiger partial charge in [0.1, 0.15) is 24.5 Å². The van der Waals surface area contributed by atoms with Gasteiger partial charge < -0.3 is 4.74 Å². The average Bonchev–Trinajstić information content (AvgIpc) is 2.36. The van der Waals surface area contributed by atoms with Gasteiger partial charge in [-0.25, -0.2) is 4.39 Å². The number of ether oxygens (including phenoxy) is 1. The van der Waals surface area contributed by atoms with Crippen LogP contribution in [-0.4, -0.2) is 6.29 Å². The zero-order valence-corrected chi connectivity index (χ0v) is 11.0. The van der Waals surface area contributed by atoms with Gasteiger partial charge in [0.2, 0.25) is 0 Å². The van der Waals surface area contributed by atoms with Gasteiger partial charge in [0.05, 0.1) is 0 Å². The van der Waals surface area contributed by atoms with Gasteiger partial charge in [-0.1, -0.05) is 15.9 Å². The molecule has 0 aliphatic rings. The van der Waals surface area contributed by atoms with Gasteiger partial charge in [0, 0.05) is 10.0 Å². The average molecular weight is 309 g/mol. The summed E-state index contributed by atoms with van der Waals surface area (Å²) in [6.07, 6.45) is 0.771.